The van der Waals surface area contributed by atoms with E-state index in [1.54, 1.807) is 18.4 Å². The first-order valence-electron chi connectivity index (χ1n) is 8.91. The Kier molecular flexibility index (Phi) is 6.48. The average Bonchev–Trinajstić information content (AvgIpc) is 2.99. The molecule has 0 aliphatic heterocycles. The van der Waals surface area contributed by atoms with Crippen LogP contribution in [-0.2, 0) is 17.6 Å². The number of benzene rings is 1. The van der Waals surface area contributed by atoms with Crippen LogP contribution in [0.1, 0.15) is 45.8 Å². The van der Waals surface area contributed by atoms with Gasteiger partial charge in [0.15, 0.2) is 0 Å². The number of fused-ring (bicyclic) bond motifs is 1. The fourth-order valence-electron chi connectivity index (χ4n) is 3.03. The molecule has 0 radical (unpaired) electrons. The number of carbonyl (C=O) groups is 1. The zero-order valence-corrected chi connectivity index (χ0v) is 15.5. The van der Waals surface area contributed by atoms with Crippen molar-refractivity contribution in [3.05, 3.63) is 45.6 Å². The lowest BCUT2D eigenvalue weighted by Crippen LogP contribution is -2.10. The maximum absolute atomic E-state index is 12.6. The molecule has 0 fully saturated rings. The largest absolute Gasteiger partial charge is 0.491 e. The van der Waals surface area contributed by atoms with E-state index in [0.717, 1.165) is 29.2 Å². The molecule has 1 aromatic carbocycles. The van der Waals surface area contributed by atoms with Crippen molar-refractivity contribution >= 4 is 22.9 Å². The van der Waals surface area contributed by atoms with E-state index < -0.39 is 0 Å². The Morgan fingerprint density at radius 2 is 1.84 bits per heavy atom. The summed E-state index contributed by atoms with van der Waals surface area (Å²) in [7, 11) is 1.65. The molecular formula is C20H25NO3S. The number of thiophene rings is 1. The van der Waals surface area contributed by atoms with Gasteiger partial charge in [0.05, 0.1) is 11.5 Å². The summed E-state index contributed by atoms with van der Waals surface area (Å²) in [5.41, 5.74) is 2.15. The van der Waals surface area contributed by atoms with Crippen molar-refractivity contribution in [2.75, 3.05) is 25.6 Å². The average molecular weight is 359 g/mol. The summed E-state index contributed by atoms with van der Waals surface area (Å²) in [6.07, 6.45) is 7.29. The first kappa shape index (κ1) is 18.0. The summed E-state index contributed by atoms with van der Waals surface area (Å²) >= 11 is 1.65. The zero-order chi connectivity index (χ0) is 17.5. The second-order valence-electron chi connectivity index (χ2n) is 6.29. The molecule has 25 heavy (non-hydrogen) atoms. The molecule has 0 bridgehead atoms. The predicted molar refractivity (Wildman–Crippen MR) is 102 cm³/mol. The second kappa shape index (κ2) is 9.02. The summed E-state index contributed by atoms with van der Waals surface area (Å²) in [5, 5.41) is 2.98. The summed E-state index contributed by atoms with van der Waals surface area (Å²) in [6, 6.07) is 9.54. The van der Waals surface area contributed by atoms with E-state index in [0.29, 0.717) is 13.2 Å². The lowest BCUT2D eigenvalue weighted by Gasteiger charge is -2.07. The number of hydrogen-bond acceptors (Lipinski definition) is 4. The minimum absolute atomic E-state index is 0.0233. The molecule has 1 N–H and O–H groups in total. The Morgan fingerprint density at radius 1 is 1.08 bits per heavy atom. The first-order valence-corrected chi connectivity index (χ1v) is 9.72. The van der Waals surface area contributed by atoms with Crippen molar-refractivity contribution in [2.24, 2.45) is 0 Å². The van der Waals surface area contributed by atoms with Gasteiger partial charge in [0.1, 0.15) is 12.4 Å². The van der Waals surface area contributed by atoms with E-state index in [1.807, 2.05) is 24.3 Å². The Balaban J connectivity index is 1.61. The molecule has 5 heteroatoms. The summed E-state index contributed by atoms with van der Waals surface area (Å²) in [6.45, 7) is 1.07. The maximum atomic E-state index is 12.6. The molecule has 4 nitrogen and oxygen atoms in total. The normalized spacial score (nSPS) is 14.3. The molecule has 0 atom stereocenters. The number of anilines is 1. The number of ether oxygens (including phenoxy) is 2. The Labute approximate surface area is 153 Å². The molecule has 0 saturated heterocycles. The van der Waals surface area contributed by atoms with Crippen LogP contribution in [0.15, 0.2) is 30.3 Å². The van der Waals surface area contributed by atoms with Gasteiger partial charge in [-0.2, -0.15) is 0 Å². The SMILES string of the molecule is COCCOc1ccc(NC(=O)c2cc3c(s2)CCCCCC3)cc1. The van der Waals surface area contributed by atoms with Crippen LogP contribution in [-0.4, -0.2) is 26.2 Å². The van der Waals surface area contributed by atoms with Gasteiger partial charge in [-0.1, -0.05) is 12.8 Å². The second-order valence-corrected chi connectivity index (χ2v) is 7.43. The quantitative estimate of drug-likeness (QED) is 0.762. The fraction of sp³-hybridized carbons (Fsp3) is 0.450. The van der Waals surface area contributed by atoms with Gasteiger partial charge in [-0.3, -0.25) is 4.79 Å². The molecule has 3 rings (SSSR count). The summed E-state index contributed by atoms with van der Waals surface area (Å²) in [4.78, 5) is 14.8. The van der Waals surface area contributed by atoms with Gasteiger partial charge >= 0.3 is 0 Å². The highest BCUT2D eigenvalue weighted by Crippen LogP contribution is 2.29. The van der Waals surface area contributed by atoms with Crippen molar-refractivity contribution in [3.63, 3.8) is 0 Å². The number of hydrogen-bond donors (Lipinski definition) is 1. The predicted octanol–water partition coefficient (Wildman–Crippen LogP) is 4.68. The smallest absolute Gasteiger partial charge is 0.265 e. The minimum atomic E-state index is -0.0233. The van der Waals surface area contributed by atoms with Crippen LogP contribution in [0.3, 0.4) is 0 Å². The third-order valence-electron chi connectivity index (χ3n) is 4.39. The first-order chi connectivity index (χ1) is 12.3. The van der Waals surface area contributed by atoms with E-state index in [9.17, 15) is 4.79 Å². The van der Waals surface area contributed by atoms with Crippen LogP contribution in [0.4, 0.5) is 5.69 Å². The molecule has 134 valence electrons. The number of carbonyl (C=O) groups excluding carboxylic acids is 1. The molecule has 0 spiro atoms. The molecule has 1 aliphatic rings. The molecule has 1 aliphatic carbocycles. The number of rotatable bonds is 6. The number of methoxy groups -OCH3 is 1. The standard InChI is InChI=1S/C20H25NO3S/c1-23-12-13-24-17-10-8-16(9-11-17)21-20(22)19-14-15-6-4-2-3-5-7-18(15)25-19/h8-11,14H,2-7,12-13H2,1H3,(H,21,22). The van der Waals surface area contributed by atoms with E-state index in [2.05, 4.69) is 11.4 Å². The third kappa shape index (κ3) is 5.06. The lowest BCUT2D eigenvalue weighted by molar-refractivity contribution is 0.103. The topological polar surface area (TPSA) is 47.6 Å². The van der Waals surface area contributed by atoms with Crippen molar-refractivity contribution in [3.8, 4) is 5.75 Å². The molecule has 1 aromatic heterocycles. The number of amides is 1. The summed E-state index contributed by atoms with van der Waals surface area (Å²) in [5.74, 6) is 0.749. The van der Waals surface area contributed by atoms with E-state index in [1.165, 1.54) is 36.1 Å². The monoisotopic (exact) mass is 359 g/mol. The van der Waals surface area contributed by atoms with Crippen LogP contribution in [0.25, 0.3) is 0 Å². The zero-order valence-electron chi connectivity index (χ0n) is 14.7. The van der Waals surface area contributed by atoms with Gasteiger partial charge in [-0.05, 0) is 61.6 Å². The van der Waals surface area contributed by atoms with Gasteiger partial charge < -0.3 is 14.8 Å². The van der Waals surface area contributed by atoms with Crippen LogP contribution in [0.5, 0.6) is 5.75 Å². The van der Waals surface area contributed by atoms with Gasteiger partial charge in [0.25, 0.3) is 5.91 Å². The van der Waals surface area contributed by atoms with Crippen LogP contribution in [0.2, 0.25) is 0 Å². The van der Waals surface area contributed by atoms with Gasteiger partial charge in [-0.25, -0.2) is 0 Å². The maximum Gasteiger partial charge on any atom is 0.265 e. The van der Waals surface area contributed by atoms with E-state index in [-0.39, 0.29) is 5.91 Å². The van der Waals surface area contributed by atoms with Gasteiger partial charge in [0.2, 0.25) is 0 Å². The fourth-order valence-corrected chi connectivity index (χ4v) is 4.18. The van der Waals surface area contributed by atoms with Crippen LogP contribution < -0.4 is 10.1 Å². The van der Waals surface area contributed by atoms with Crippen molar-refractivity contribution in [2.45, 2.75) is 38.5 Å². The Bertz CT molecular complexity index is 668. The van der Waals surface area contributed by atoms with Crippen LogP contribution >= 0.6 is 11.3 Å². The Hall–Kier alpha value is -1.85. The minimum Gasteiger partial charge on any atom is -0.491 e. The highest BCUT2D eigenvalue weighted by molar-refractivity contribution is 7.14. The highest BCUT2D eigenvalue weighted by Gasteiger charge is 2.16. The van der Waals surface area contributed by atoms with Crippen LogP contribution in [0, 0.1) is 0 Å². The van der Waals surface area contributed by atoms with Crippen molar-refractivity contribution < 1.29 is 14.3 Å². The molecule has 1 amide bonds. The van der Waals surface area contributed by atoms with Gasteiger partial charge in [0, 0.05) is 17.7 Å². The molecule has 2 aromatic rings. The Morgan fingerprint density at radius 3 is 2.60 bits per heavy atom. The lowest BCUT2D eigenvalue weighted by atomic mass is 10.00. The number of aryl methyl sites for hydroxylation is 2. The molecule has 0 unspecified atom stereocenters. The van der Waals surface area contributed by atoms with E-state index in [4.69, 9.17) is 9.47 Å². The third-order valence-corrected chi connectivity index (χ3v) is 5.62. The number of nitrogens with one attached hydrogen (secondary N) is 1. The molecule has 0 saturated carbocycles. The van der Waals surface area contributed by atoms with Gasteiger partial charge in [-0.15, -0.1) is 11.3 Å². The van der Waals surface area contributed by atoms with Crippen molar-refractivity contribution in [1.29, 1.82) is 0 Å². The molecular weight excluding hydrogens is 334 g/mol. The summed E-state index contributed by atoms with van der Waals surface area (Å²) < 4.78 is 10.5. The highest BCUT2D eigenvalue weighted by atomic mass is 32.1. The molecule has 1 heterocycles. The van der Waals surface area contributed by atoms with E-state index >= 15 is 0 Å². The van der Waals surface area contributed by atoms with Crippen molar-refractivity contribution in [1.82, 2.24) is 0 Å².